The minimum Gasteiger partial charge on any atom is -0.406 e. The van der Waals surface area contributed by atoms with E-state index >= 15 is 0 Å². The first-order chi connectivity index (χ1) is 13.6. The number of amides is 1. The lowest BCUT2D eigenvalue weighted by atomic mass is 10.2. The van der Waals surface area contributed by atoms with Gasteiger partial charge in [-0.2, -0.15) is 4.31 Å². The first-order valence-corrected chi connectivity index (χ1v) is 11.0. The molecule has 2 aliphatic rings. The number of sulfonamides is 1. The average molecular weight is 435 g/mol. The highest BCUT2D eigenvalue weighted by Gasteiger charge is 2.32. The van der Waals surface area contributed by atoms with Crippen LogP contribution in [0, 0.1) is 0 Å². The number of nitrogens with zero attached hydrogens (tertiary/aromatic N) is 2. The number of piperazine rings is 1. The molecule has 29 heavy (non-hydrogen) atoms. The molecule has 1 heterocycles. The first kappa shape index (κ1) is 21.8. The van der Waals surface area contributed by atoms with Gasteiger partial charge in [-0.3, -0.25) is 9.69 Å². The molecule has 0 unspecified atom stereocenters. The summed E-state index contributed by atoms with van der Waals surface area (Å²) in [6.07, 6.45) is -0.564. The van der Waals surface area contributed by atoms with E-state index in [4.69, 9.17) is 0 Å². The van der Waals surface area contributed by atoms with Crippen LogP contribution in [0.25, 0.3) is 0 Å². The first-order valence-electron chi connectivity index (χ1n) is 9.51. The van der Waals surface area contributed by atoms with E-state index in [9.17, 15) is 26.4 Å². The van der Waals surface area contributed by atoms with Crippen LogP contribution in [0.4, 0.5) is 13.2 Å². The zero-order valence-corrected chi connectivity index (χ0v) is 16.6. The molecule has 2 fully saturated rings. The van der Waals surface area contributed by atoms with Gasteiger partial charge in [0.1, 0.15) is 5.75 Å². The van der Waals surface area contributed by atoms with E-state index in [1.807, 2.05) is 4.90 Å². The van der Waals surface area contributed by atoms with Crippen LogP contribution in [-0.4, -0.2) is 68.7 Å². The Morgan fingerprint density at radius 3 is 2.21 bits per heavy atom. The van der Waals surface area contributed by atoms with E-state index in [-0.39, 0.29) is 36.5 Å². The summed E-state index contributed by atoms with van der Waals surface area (Å²) in [6, 6.07) is 4.39. The summed E-state index contributed by atoms with van der Waals surface area (Å²) in [4.78, 5) is 13.9. The zero-order valence-electron chi connectivity index (χ0n) is 15.8. The van der Waals surface area contributed by atoms with Crippen LogP contribution >= 0.6 is 0 Å². The van der Waals surface area contributed by atoms with Gasteiger partial charge in [0, 0.05) is 32.2 Å². The number of alkyl halides is 3. The number of hydrogen-bond acceptors (Lipinski definition) is 5. The second-order valence-corrected chi connectivity index (χ2v) is 9.19. The van der Waals surface area contributed by atoms with Crippen LogP contribution in [0.1, 0.15) is 25.7 Å². The average Bonchev–Trinajstić information content (AvgIpc) is 3.14. The standard InChI is InChI=1S/C18H24F3N3O4S/c19-18(20,21)28-15-5-7-16(8-6-15)29(26,27)24-11-9-23(10-12-24)13-17(25)22-14-3-1-2-4-14/h5-8,14H,1-4,9-13H2,(H,22,25). The van der Waals surface area contributed by atoms with Crippen molar-refractivity contribution in [2.24, 2.45) is 0 Å². The number of halogens is 3. The second-order valence-electron chi connectivity index (χ2n) is 7.25. The Morgan fingerprint density at radius 1 is 1.07 bits per heavy atom. The maximum absolute atomic E-state index is 12.7. The largest absolute Gasteiger partial charge is 0.573 e. The van der Waals surface area contributed by atoms with Crippen LogP contribution < -0.4 is 10.1 Å². The van der Waals surface area contributed by atoms with E-state index in [1.54, 1.807) is 0 Å². The van der Waals surface area contributed by atoms with Crippen LogP contribution in [-0.2, 0) is 14.8 Å². The Morgan fingerprint density at radius 2 is 1.66 bits per heavy atom. The highest BCUT2D eigenvalue weighted by Crippen LogP contribution is 2.25. The molecule has 0 aromatic heterocycles. The number of nitrogens with one attached hydrogen (secondary N) is 1. The van der Waals surface area contributed by atoms with E-state index in [1.165, 1.54) is 4.31 Å². The van der Waals surface area contributed by atoms with E-state index in [0.717, 1.165) is 49.9 Å². The van der Waals surface area contributed by atoms with Gasteiger partial charge in [-0.1, -0.05) is 12.8 Å². The summed E-state index contributed by atoms with van der Waals surface area (Å²) in [6.45, 7) is 1.47. The number of carbonyl (C=O) groups is 1. The Hall–Kier alpha value is -1.85. The molecule has 1 aromatic carbocycles. The summed E-state index contributed by atoms with van der Waals surface area (Å²) < 4.78 is 67.1. The lowest BCUT2D eigenvalue weighted by Crippen LogP contribution is -2.51. The fourth-order valence-corrected chi connectivity index (χ4v) is 5.06. The third-order valence-electron chi connectivity index (χ3n) is 5.11. The van der Waals surface area contributed by atoms with Gasteiger partial charge in [0.05, 0.1) is 11.4 Å². The van der Waals surface area contributed by atoms with Crippen LogP contribution in [0.3, 0.4) is 0 Å². The van der Waals surface area contributed by atoms with Crippen LogP contribution in [0.5, 0.6) is 5.75 Å². The molecule has 0 radical (unpaired) electrons. The molecular formula is C18H24F3N3O4S. The number of ether oxygens (including phenoxy) is 1. The molecule has 162 valence electrons. The van der Waals surface area contributed by atoms with Crippen molar-refractivity contribution in [3.63, 3.8) is 0 Å². The van der Waals surface area contributed by atoms with Crippen molar-refractivity contribution < 1.29 is 31.1 Å². The summed E-state index contributed by atoms with van der Waals surface area (Å²) in [5.74, 6) is -0.525. The van der Waals surface area contributed by atoms with Crippen molar-refractivity contribution in [2.75, 3.05) is 32.7 Å². The van der Waals surface area contributed by atoms with Gasteiger partial charge >= 0.3 is 6.36 Å². The predicted octanol–water partition coefficient (Wildman–Crippen LogP) is 1.95. The van der Waals surface area contributed by atoms with Gasteiger partial charge in [-0.15, -0.1) is 13.2 Å². The molecule has 1 aliphatic heterocycles. The molecular weight excluding hydrogens is 411 g/mol. The summed E-state index contributed by atoms with van der Waals surface area (Å²) in [5.41, 5.74) is 0. The van der Waals surface area contributed by atoms with E-state index in [2.05, 4.69) is 10.1 Å². The highest BCUT2D eigenvalue weighted by atomic mass is 32.2. The summed E-state index contributed by atoms with van der Waals surface area (Å²) >= 11 is 0. The van der Waals surface area contributed by atoms with E-state index < -0.39 is 22.1 Å². The minimum absolute atomic E-state index is 0.0477. The number of benzene rings is 1. The molecule has 1 saturated heterocycles. The molecule has 0 atom stereocenters. The molecule has 1 aromatic rings. The van der Waals surface area contributed by atoms with Crippen LogP contribution in [0.15, 0.2) is 29.2 Å². The maximum Gasteiger partial charge on any atom is 0.573 e. The topological polar surface area (TPSA) is 79.0 Å². The molecule has 3 rings (SSSR count). The van der Waals surface area contributed by atoms with Gasteiger partial charge in [-0.25, -0.2) is 8.42 Å². The normalized spacial score (nSPS) is 20.0. The lowest BCUT2D eigenvalue weighted by molar-refractivity contribution is -0.274. The molecule has 1 amide bonds. The summed E-state index contributed by atoms with van der Waals surface area (Å²) in [5, 5.41) is 3.01. The Bertz CT molecular complexity index is 801. The monoisotopic (exact) mass is 435 g/mol. The molecule has 1 saturated carbocycles. The van der Waals surface area contributed by atoms with Crippen molar-refractivity contribution in [3.05, 3.63) is 24.3 Å². The number of hydrogen-bond donors (Lipinski definition) is 1. The van der Waals surface area contributed by atoms with Gasteiger partial charge in [0.2, 0.25) is 15.9 Å². The van der Waals surface area contributed by atoms with E-state index in [0.29, 0.717) is 13.1 Å². The van der Waals surface area contributed by atoms with Crippen LogP contribution in [0.2, 0.25) is 0 Å². The second kappa shape index (κ2) is 8.88. The lowest BCUT2D eigenvalue weighted by Gasteiger charge is -2.33. The molecule has 0 spiro atoms. The Kier molecular flexibility index (Phi) is 6.69. The number of carbonyl (C=O) groups excluding carboxylic acids is 1. The maximum atomic E-state index is 12.7. The molecule has 1 N–H and O–H groups in total. The van der Waals surface area contributed by atoms with Crippen molar-refractivity contribution >= 4 is 15.9 Å². The third kappa shape index (κ3) is 6.06. The quantitative estimate of drug-likeness (QED) is 0.739. The Balaban J connectivity index is 1.52. The number of rotatable bonds is 6. The predicted molar refractivity (Wildman–Crippen MR) is 98.7 cm³/mol. The SMILES string of the molecule is O=C(CN1CCN(S(=O)(=O)c2ccc(OC(F)(F)F)cc2)CC1)NC1CCCC1. The zero-order chi connectivity index (χ0) is 21.1. The van der Waals surface area contributed by atoms with Crippen molar-refractivity contribution in [3.8, 4) is 5.75 Å². The van der Waals surface area contributed by atoms with Crippen molar-refractivity contribution in [2.45, 2.75) is 43.0 Å². The van der Waals surface area contributed by atoms with Gasteiger partial charge in [0.15, 0.2) is 0 Å². The molecule has 0 bridgehead atoms. The fourth-order valence-electron chi connectivity index (χ4n) is 3.64. The van der Waals surface area contributed by atoms with Gasteiger partial charge in [0.25, 0.3) is 0 Å². The molecule has 7 nitrogen and oxygen atoms in total. The molecule has 11 heteroatoms. The highest BCUT2D eigenvalue weighted by molar-refractivity contribution is 7.89. The smallest absolute Gasteiger partial charge is 0.406 e. The Labute approximate surface area is 167 Å². The fraction of sp³-hybridized carbons (Fsp3) is 0.611. The third-order valence-corrected chi connectivity index (χ3v) is 7.03. The molecule has 1 aliphatic carbocycles. The summed E-state index contributed by atoms with van der Waals surface area (Å²) in [7, 11) is -3.82. The van der Waals surface area contributed by atoms with Crippen molar-refractivity contribution in [1.29, 1.82) is 0 Å². The van der Waals surface area contributed by atoms with Gasteiger partial charge in [-0.05, 0) is 37.1 Å². The van der Waals surface area contributed by atoms with Crippen molar-refractivity contribution in [1.82, 2.24) is 14.5 Å². The minimum atomic E-state index is -4.83. The van der Waals surface area contributed by atoms with Gasteiger partial charge < -0.3 is 10.1 Å².